The molecular weight excluding hydrogens is 337 g/mol. The SMILES string of the molecule is C[C@@H](Oc1ccc(F)cc1)C(=O)Nc1ccc2c(c1)OC1(CCCC1)O2. The zero-order chi connectivity index (χ0) is 18.1. The molecule has 4 rings (SSSR count). The van der Waals surface area contributed by atoms with E-state index in [1.165, 1.54) is 24.3 Å². The summed E-state index contributed by atoms with van der Waals surface area (Å²) in [7, 11) is 0. The summed E-state index contributed by atoms with van der Waals surface area (Å²) < 4.78 is 30.4. The van der Waals surface area contributed by atoms with Crippen molar-refractivity contribution >= 4 is 11.6 Å². The molecule has 1 fully saturated rings. The monoisotopic (exact) mass is 357 g/mol. The summed E-state index contributed by atoms with van der Waals surface area (Å²) in [6, 6.07) is 10.9. The van der Waals surface area contributed by atoms with Crippen LogP contribution in [0, 0.1) is 5.82 Å². The van der Waals surface area contributed by atoms with Gasteiger partial charge in [0.05, 0.1) is 0 Å². The third-order valence-electron chi connectivity index (χ3n) is 4.66. The smallest absolute Gasteiger partial charge is 0.265 e. The third kappa shape index (κ3) is 3.31. The first kappa shape index (κ1) is 16.7. The number of carbonyl (C=O) groups is 1. The summed E-state index contributed by atoms with van der Waals surface area (Å²) in [6.07, 6.45) is 3.22. The van der Waals surface area contributed by atoms with Crippen LogP contribution in [0.1, 0.15) is 32.6 Å². The van der Waals surface area contributed by atoms with E-state index in [1.54, 1.807) is 19.1 Å². The van der Waals surface area contributed by atoms with Crippen LogP contribution in [0.15, 0.2) is 42.5 Å². The average Bonchev–Trinajstić information content (AvgIpc) is 3.22. The van der Waals surface area contributed by atoms with E-state index in [2.05, 4.69) is 5.32 Å². The number of hydrogen-bond acceptors (Lipinski definition) is 4. The van der Waals surface area contributed by atoms with E-state index in [0.29, 0.717) is 22.9 Å². The molecule has 2 aromatic carbocycles. The summed E-state index contributed by atoms with van der Waals surface area (Å²) in [5.41, 5.74) is 0.613. The van der Waals surface area contributed by atoms with Gasteiger partial charge in [0.15, 0.2) is 17.6 Å². The van der Waals surface area contributed by atoms with Gasteiger partial charge in [-0.3, -0.25) is 4.79 Å². The Balaban J connectivity index is 1.40. The summed E-state index contributed by atoms with van der Waals surface area (Å²) >= 11 is 0. The topological polar surface area (TPSA) is 56.8 Å². The van der Waals surface area contributed by atoms with Crippen LogP contribution in [0.5, 0.6) is 17.2 Å². The highest BCUT2D eigenvalue weighted by molar-refractivity contribution is 5.94. The highest BCUT2D eigenvalue weighted by atomic mass is 19.1. The predicted octanol–water partition coefficient (Wildman–Crippen LogP) is 4.27. The number of anilines is 1. The zero-order valence-corrected chi connectivity index (χ0v) is 14.5. The van der Waals surface area contributed by atoms with E-state index in [1.807, 2.05) is 6.07 Å². The normalized spacial score (nSPS) is 17.9. The van der Waals surface area contributed by atoms with E-state index in [9.17, 15) is 9.18 Å². The second-order valence-corrected chi connectivity index (χ2v) is 6.69. The van der Waals surface area contributed by atoms with Crippen molar-refractivity contribution in [3.05, 3.63) is 48.3 Å². The number of fused-ring (bicyclic) bond motifs is 1. The van der Waals surface area contributed by atoms with E-state index in [0.717, 1.165) is 25.7 Å². The number of carbonyl (C=O) groups excluding carboxylic acids is 1. The van der Waals surface area contributed by atoms with Gasteiger partial charge in [0.25, 0.3) is 11.7 Å². The maximum absolute atomic E-state index is 12.9. The van der Waals surface area contributed by atoms with Crippen LogP contribution in [0.3, 0.4) is 0 Å². The molecular formula is C20H20FNO4. The Morgan fingerprint density at radius 2 is 1.81 bits per heavy atom. The van der Waals surface area contributed by atoms with Crippen LogP contribution >= 0.6 is 0 Å². The average molecular weight is 357 g/mol. The summed E-state index contributed by atoms with van der Waals surface area (Å²) in [6.45, 7) is 1.64. The number of benzene rings is 2. The first-order chi connectivity index (χ1) is 12.5. The van der Waals surface area contributed by atoms with Gasteiger partial charge in [0, 0.05) is 24.6 Å². The molecule has 1 amide bonds. The number of nitrogens with one attached hydrogen (secondary N) is 1. The third-order valence-corrected chi connectivity index (χ3v) is 4.66. The van der Waals surface area contributed by atoms with Crippen molar-refractivity contribution in [2.45, 2.75) is 44.5 Å². The van der Waals surface area contributed by atoms with Gasteiger partial charge in [-0.25, -0.2) is 4.39 Å². The summed E-state index contributed by atoms with van der Waals surface area (Å²) in [5, 5.41) is 2.81. The van der Waals surface area contributed by atoms with Gasteiger partial charge >= 0.3 is 0 Å². The lowest BCUT2D eigenvalue weighted by molar-refractivity contribution is -0.122. The minimum Gasteiger partial charge on any atom is -0.481 e. The molecule has 1 heterocycles. The molecule has 5 nitrogen and oxygen atoms in total. The Labute approximate surface area is 151 Å². The second-order valence-electron chi connectivity index (χ2n) is 6.69. The van der Waals surface area contributed by atoms with Crippen LogP contribution in [-0.4, -0.2) is 17.8 Å². The summed E-state index contributed by atoms with van der Waals surface area (Å²) in [5.74, 6) is 0.614. The van der Waals surface area contributed by atoms with Crippen molar-refractivity contribution in [2.75, 3.05) is 5.32 Å². The molecule has 1 N–H and O–H groups in total. The molecule has 1 saturated carbocycles. The van der Waals surface area contributed by atoms with Crippen LogP contribution in [0.2, 0.25) is 0 Å². The lowest BCUT2D eigenvalue weighted by Gasteiger charge is -2.21. The van der Waals surface area contributed by atoms with Crippen molar-refractivity contribution in [1.29, 1.82) is 0 Å². The Hall–Kier alpha value is -2.76. The van der Waals surface area contributed by atoms with Crippen LogP contribution in [0.25, 0.3) is 0 Å². The number of hydrogen-bond donors (Lipinski definition) is 1. The standard InChI is InChI=1S/C20H20FNO4/c1-13(24-16-7-4-14(21)5-8-16)19(23)22-15-6-9-17-18(12-15)26-20(25-17)10-2-3-11-20/h4-9,12-13H,2-3,10-11H2,1H3,(H,22,23)/t13-/m1/s1. The van der Waals surface area contributed by atoms with Crippen LogP contribution in [-0.2, 0) is 4.79 Å². The lowest BCUT2D eigenvalue weighted by atomic mass is 10.2. The summed E-state index contributed by atoms with van der Waals surface area (Å²) in [4.78, 5) is 12.4. The van der Waals surface area contributed by atoms with E-state index in [4.69, 9.17) is 14.2 Å². The molecule has 0 aromatic heterocycles. The minimum absolute atomic E-state index is 0.302. The van der Waals surface area contributed by atoms with Gasteiger partial charge in [-0.2, -0.15) is 0 Å². The van der Waals surface area contributed by atoms with Crippen molar-refractivity contribution in [3.63, 3.8) is 0 Å². The molecule has 1 aliphatic heterocycles. The molecule has 0 unspecified atom stereocenters. The molecule has 136 valence electrons. The fourth-order valence-electron chi connectivity index (χ4n) is 3.30. The molecule has 2 aromatic rings. The highest BCUT2D eigenvalue weighted by Crippen LogP contribution is 2.47. The molecule has 0 saturated heterocycles. The molecule has 1 atom stereocenters. The van der Waals surface area contributed by atoms with Crippen molar-refractivity contribution in [2.24, 2.45) is 0 Å². The minimum atomic E-state index is -0.730. The van der Waals surface area contributed by atoms with Gasteiger partial charge in [-0.1, -0.05) is 0 Å². The lowest BCUT2D eigenvalue weighted by Crippen LogP contribution is -2.34. The first-order valence-corrected chi connectivity index (χ1v) is 8.78. The molecule has 0 radical (unpaired) electrons. The second kappa shape index (κ2) is 6.52. The Kier molecular flexibility index (Phi) is 4.18. The first-order valence-electron chi connectivity index (χ1n) is 8.78. The number of ether oxygens (including phenoxy) is 3. The Morgan fingerprint density at radius 3 is 2.54 bits per heavy atom. The van der Waals surface area contributed by atoms with E-state index >= 15 is 0 Å². The highest BCUT2D eigenvalue weighted by Gasteiger charge is 2.44. The molecule has 1 aliphatic carbocycles. The van der Waals surface area contributed by atoms with Crippen LogP contribution < -0.4 is 19.5 Å². The van der Waals surface area contributed by atoms with Gasteiger partial charge in [-0.05, 0) is 56.2 Å². The number of rotatable bonds is 4. The Bertz CT molecular complexity index is 815. The quantitative estimate of drug-likeness (QED) is 0.888. The van der Waals surface area contributed by atoms with Crippen LogP contribution in [0.4, 0.5) is 10.1 Å². The van der Waals surface area contributed by atoms with Crippen molar-refractivity contribution in [3.8, 4) is 17.2 Å². The molecule has 6 heteroatoms. The molecule has 2 aliphatic rings. The van der Waals surface area contributed by atoms with Crippen molar-refractivity contribution < 1.29 is 23.4 Å². The Morgan fingerprint density at radius 1 is 1.12 bits per heavy atom. The fraction of sp³-hybridized carbons (Fsp3) is 0.350. The number of amides is 1. The largest absolute Gasteiger partial charge is 0.481 e. The van der Waals surface area contributed by atoms with Gasteiger partial charge in [0.1, 0.15) is 11.6 Å². The fourth-order valence-corrected chi connectivity index (χ4v) is 3.30. The van der Waals surface area contributed by atoms with Gasteiger partial charge in [0.2, 0.25) is 0 Å². The predicted molar refractivity (Wildman–Crippen MR) is 94.0 cm³/mol. The number of halogens is 1. The molecule has 1 spiro atoms. The van der Waals surface area contributed by atoms with Crippen molar-refractivity contribution in [1.82, 2.24) is 0 Å². The molecule has 26 heavy (non-hydrogen) atoms. The maximum Gasteiger partial charge on any atom is 0.265 e. The zero-order valence-electron chi connectivity index (χ0n) is 14.5. The maximum atomic E-state index is 12.9. The van der Waals surface area contributed by atoms with Gasteiger partial charge in [-0.15, -0.1) is 0 Å². The van der Waals surface area contributed by atoms with E-state index < -0.39 is 11.9 Å². The molecule has 0 bridgehead atoms. The van der Waals surface area contributed by atoms with Gasteiger partial charge < -0.3 is 19.5 Å². The van der Waals surface area contributed by atoms with E-state index in [-0.39, 0.29) is 11.7 Å².